The van der Waals surface area contributed by atoms with E-state index >= 15 is 0 Å². The Hall–Kier alpha value is -0.720. The monoisotopic (exact) mass is 248 g/mol. The van der Waals surface area contributed by atoms with E-state index < -0.39 is 5.91 Å². The first kappa shape index (κ1) is 12.4. The number of rotatable bonds is 4. The second-order valence-electron chi connectivity index (χ2n) is 3.47. The molecule has 1 heterocycles. The van der Waals surface area contributed by atoms with Crippen LogP contribution in [0.5, 0.6) is 0 Å². The van der Waals surface area contributed by atoms with E-state index in [2.05, 4.69) is 15.5 Å². The van der Waals surface area contributed by atoms with Gasteiger partial charge in [0.2, 0.25) is 5.01 Å². The maximum Gasteiger partial charge on any atom is 0.279 e. The van der Waals surface area contributed by atoms with Crippen molar-refractivity contribution in [2.75, 3.05) is 0 Å². The van der Waals surface area contributed by atoms with Gasteiger partial charge in [-0.1, -0.05) is 11.3 Å². The van der Waals surface area contributed by atoms with E-state index in [0.29, 0.717) is 6.04 Å². The van der Waals surface area contributed by atoms with Gasteiger partial charge in [-0.2, -0.15) is 0 Å². The number of nitrogens with two attached hydrogens (primary N) is 1. The Morgan fingerprint density at radius 3 is 2.73 bits per heavy atom. The van der Waals surface area contributed by atoms with Gasteiger partial charge in [0.05, 0.1) is 6.04 Å². The molecule has 1 amide bonds. The number of hydrogen-bond donors (Lipinski definition) is 2. The number of amides is 1. The summed E-state index contributed by atoms with van der Waals surface area (Å²) in [4.78, 5) is 10.8. The average molecular weight is 249 g/mol. The van der Waals surface area contributed by atoms with Crippen LogP contribution in [0, 0.1) is 0 Å². The van der Waals surface area contributed by atoms with Gasteiger partial charge in [-0.15, -0.1) is 22.6 Å². The van der Waals surface area contributed by atoms with Crippen LogP contribution in [0.4, 0.5) is 0 Å². The number of aromatic nitrogens is 2. The van der Waals surface area contributed by atoms with E-state index in [-0.39, 0.29) is 23.5 Å². The summed E-state index contributed by atoms with van der Waals surface area (Å²) in [5, 5.41) is 12.1. The fourth-order valence-corrected chi connectivity index (χ4v) is 1.89. The fourth-order valence-electron chi connectivity index (χ4n) is 1.18. The third kappa shape index (κ3) is 3.12. The first-order chi connectivity index (χ1) is 6.66. The van der Waals surface area contributed by atoms with Crippen LogP contribution in [0.2, 0.25) is 0 Å². The van der Waals surface area contributed by atoms with Crippen molar-refractivity contribution in [1.29, 1.82) is 0 Å². The molecule has 84 valence electrons. The number of nitrogens with zero attached hydrogens (tertiary/aromatic N) is 2. The summed E-state index contributed by atoms with van der Waals surface area (Å²) in [6.07, 6.45) is 2.46. The third-order valence-corrected chi connectivity index (χ3v) is 3.21. The zero-order valence-electron chi connectivity index (χ0n) is 8.27. The number of hydrogen-bond acceptors (Lipinski definition) is 5. The molecule has 5 nitrogen and oxygen atoms in total. The molecule has 2 rings (SSSR count). The Kier molecular flexibility index (Phi) is 4.01. The molecular formula is C8H13ClN4OS. The lowest BCUT2D eigenvalue weighted by atomic mass is 10.3. The molecule has 1 aromatic rings. The van der Waals surface area contributed by atoms with Crippen LogP contribution >= 0.6 is 23.7 Å². The summed E-state index contributed by atoms with van der Waals surface area (Å²) in [6.45, 7) is 2.02. The molecule has 0 radical (unpaired) electrons. The molecule has 0 bridgehead atoms. The Bertz CT molecular complexity index is 352. The van der Waals surface area contributed by atoms with Crippen molar-refractivity contribution in [3.8, 4) is 0 Å². The molecule has 0 spiro atoms. The summed E-state index contributed by atoms with van der Waals surface area (Å²) < 4.78 is 0. The topological polar surface area (TPSA) is 80.9 Å². The van der Waals surface area contributed by atoms with E-state index in [0.717, 1.165) is 5.01 Å². The molecule has 3 N–H and O–H groups in total. The van der Waals surface area contributed by atoms with Crippen LogP contribution in [-0.4, -0.2) is 22.1 Å². The first-order valence-corrected chi connectivity index (χ1v) is 5.37. The highest BCUT2D eigenvalue weighted by molar-refractivity contribution is 7.13. The lowest BCUT2D eigenvalue weighted by molar-refractivity contribution is 0.0999. The van der Waals surface area contributed by atoms with Crippen molar-refractivity contribution in [1.82, 2.24) is 15.5 Å². The number of halogens is 1. The Labute approximate surface area is 97.9 Å². The van der Waals surface area contributed by atoms with Crippen molar-refractivity contribution >= 4 is 29.7 Å². The van der Waals surface area contributed by atoms with Crippen molar-refractivity contribution in [2.24, 2.45) is 5.73 Å². The molecule has 1 aliphatic carbocycles. The normalized spacial score (nSPS) is 16.9. The largest absolute Gasteiger partial charge is 0.363 e. The summed E-state index contributed by atoms with van der Waals surface area (Å²) in [6, 6.07) is 0.777. The highest BCUT2D eigenvalue weighted by Gasteiger charge is 2.25. The van der Waals surface area contributed by atoms with Gasteiger partial charge in [-0.05, 0) is 19.8 Å². The lowest BCUT2D eigenvalue weighted by Crippen LogP contribution is -2.20. The van der Waals surface area contributed by atoms with Crippen LogP contribution in [0.15, 0.2) is 0 Å². The highest BCUT2D eigenvalue weighted by atomic mass is 35.5. The molecule has 1 saturated carbocycles. The van der Waals surface area contributed by atoms with Gasteiger partial charge >= 0.3 is 0 Å². The standard InChI is InChI=1S/C8H12N4OS.ClH/c1-4(10-5-2-3-5)7-11-12-8(14-7)6(9)13;/h4-5,10H,2-3H2,1H3,(H2,9,13);1H. The summed E-state index contributed by atoms with van der Waals surface area (Å²) in [5.74, 6) is -0.507. The molecule has 1 aliphatic rings. The minimum absolute atomic E-state index is 0. The molecule has 7 heteroatoms. The Morgan fingerprint density at radius 2 is 2.27 bits per heavy atom. The van der Waals surface area contributed by atoms with E-state index in [1.54, 1.807) is 0 Å². The molecule has 0 aliphatic heterocycles. The number of nitrogens with one attached hydrogen (secondary N) is 1. The first-order valence-electron chi connectivity index (χ1n) is 4.56. The van der Waals surface area contributed by atoms with Crippen LogP contribution < -0.4 is 11.1 Å². The predicted molar refractivity (Wildman–Crippen MR) is 60.2 cm³/mol. The van der Waals surface area contributed by atoms with Crippen molar-refractivity contribution in [2.45, 2.75) is 31.8 Å². The summed E-state index contributed by atoms with van der Waals surface area (Å²) in [5.41, 5.74) is 5.09. The van der Waals surface area contributed by atoms with E-state index in [4.69, 9.17) is 5.73 Å². The van der Waals surface area contributed by atoms with Crippen molar-refractivity contribution in [3.05, 3.63) is 10.0 Å². The zero-order valence-corrected chi connectivity index (χ0v) is 9.90. The Morgan fingerprint density at radius 1 is 1.60 bits per heavy atom. The van der Waals surface area contributed by atoms with E-state index in [1.165, 1.54) is 24.2 Å². The quantitative estimate of drug-likeness (QED) is 0.829. The lowest BCUT2D eigenvalue weighted by Gasteiger charge is -2.07. The van der Waals surface area contributed by atoms with Gasteiger partial charge < -0.3 is 11.1 Å². The maximum absolute atomic E-state index is 10.8. The minimum atomic E-state index is -0.507. The summed E-state index contributed by atoms with van der Waals surface area (Å²) >= 11 is 1.26. The van der Waals surface area contributed by atoms with Crippen molar-refractivity contribution in [3.63, 3.8) is 0 Å². The highest BCUT2D eigenvalue weighted by Crippen LogP contribution is 2.25. The van der Waals surface area contributed by atoms with Crippen LogP contribution in [0.3, 0.4) is 0 Å². The molecule has 1 aromatic heterocycles. The number of carbonyl (C=O) groups is 1. The smallest absolute Gasteiger partial charge is 0.279 e. The van der Waals surface area contributed by atoms with Crippen LogP contribution in [0.1, 0.15) is 40.6 Å². The molecule has 15 heavy (non-hydrogen) atoms. The predicted octanol–water partition coefficient (Wildman–Crippen LogP) is 0.872. The van der Waals surface area contributed by atoms with Gasteiger partial charge in [0.1, 0.15) is 5.01 Å². The van der Waals surface area contributed by atoms with Gasteiger partial charge in [0, 0.05) is 6.04 Å². The SMILES string of the molecule is CC(NC1CC1)c1nnc(C(N)=O)s1.Cl. The van der Waals surface area contributed by atoms with Gasteiger partial charge in [0.25, 0.3) is 5.91 Å². The zero-order chi connectivity index (χ0) is 10.1. The van der Waals surface area contributed by atoms with Crippen LogP contribution in [-0.2, 0) is 0 Å². The molecule has 0 aromatic carbocycles. The van der Waals surface area contributed by atoms with Gasteiger partial charge in [0.15, 0.2) is 0 Å². The number of carbonyl (C=O) groups excluding carboxylic acids is 1. The van der Waals surface area contributed by atoms with E-state index in [9.17, 15) is 4.79 Å². The van der Waals surface area contributed by atoms with E-state index in [1.807, 2.05) is 6.92 Å². The van der Waals surface area contributed by atoms with Gasteiger partial charge in [-0.25, -0.2) is 0 Å². The molecule has 0 saturated heterocycles. The molecule has 1 atom stereocenters. The second kappa shape index (κ2) is 4.87. The van der Waals surface area contributed by atoms with Crippen LogP contribution in [0.25, 0.3) is 0 Å². The second-order valence-corrected chi connectivity index (χ2v) is 4.48. The molecule has 1 unspecified atom stereocenters. The Balaban J connectivity index is 0.00000112. The number of primary amides is 1. The summed E-state index contributed by atoms with van der Waals surface area (Å²) in [7, 11) is 0. The maximum atomic E-state index is 10.8. The minimum Gasteiger partial charge on any atom is -0.363 e. The molecular weight excluding hydrogens is 236 g/mol. The van der Waals surface area contributed by atoms with Crippen molar-refractivity contribution < 1.29 is 4.79 Å². The fraction of sp³-hybridized carbons (Fsp3) is 0.625. The average Bonchev–Trinajstić information content (AvgIpc) is 2.81. The molecule has 1 fully saturated rings. The van der Waals surface area contributed by atoms with Gasteiger partial charge in [-0.3, -0.25) is 4.79 Å². The third-order valence-electron chi connectivity index (χ3n) is 2.08.